The van der Waals surface area contributed by atoms with Crippen molar-refractivity contribution in [2.24, 2.45) is 0 Å². The molecule has 1 aliphatic heterocycles. The van der Waals surface area contributed by atoms with Crippen LogP contribution in [0.25, 0.3) is 34.4 Å². The molecule has 1 saturated heterocycles. The van der Waals surface area contributed by atoms with Gasteiger partial charge in [-0.25, -0.2) is 0 Å². The molecule has 0 nitrogen and oxygen atoms in total. The Kier molecular flexibility index (Phi) is 7.29. The predicted molar refractivity (Wildman–Crippen MR) is 202 cm³/mol. The molecule has 3 aliphatic rings. The summed E-state index contributed by atoms with van der Waals surface area (Å²) in [5, 5.41) is 3.65. The molecule has 7 rings (SSSR count). The van der Waals surface area contributed by atoms with Gasteiger partial charge >= 0.3 is 286 Å². The van der Waals surface area contributed by atoms with Crippen molar-refractivity contribution in [1.82, 2.24) is 0 Å². The quantitative estimate of drug-likeness (QED) is 0.178. The first kappa shape index (κ1) is 32.0. The summed E-state index contributed by atoms with van der Waals surface area (Å²) in [5.74, 6) is 0. The van der Waals surface area contributed by atoms with E-state index in [1.165, 1.54) is 89.0 Å². The number of rotatable bonds is 2. The number of allylic oxidation sites excluding steroid dienone is 2. The molecule has 0 bridgehead atoms. The van der Waals surface area contributed by atoms with Gasteiger partial charge in [0.15, 0.2) is 0 Å². The van der Waals surface area contributed by atoms with Gasteiger partial charge < -0.3 is 0 Å². The second-order valence-electron chi connectivity index (χ2n) is 16.1. The van der Waals surface area contributed by atoms with Gasteiger partial charge in [0, 0.05) is 0 Å². The van der Waals surface area contributed by atoms with Crippen molar-refractivity contribution >= 4 is 20.2 Å². The van der Waals surface area contributed by atoms with Gasteiger partial charge in [0.25, 0.3) is 0 Å². The van der Waals surface area contributed by atoms with Crippen LogP contribution in [0.15, 0.2) is 46.8 Å². The molecule has 2 unspecified atom stereocenters. The molecular formula is C44H52HfSi. The molecule has 0 amide bonds. The summed E-state index contributed by atoms with van der Waals surface area (Å²) in [6.07, 6.45) is 5.46. The monoisotopic (exact) mass is 788 g/mol. The third-order valence-corrected chi connectivity index (χ3v) is 34.6. The summed E-state index contributed by atoms with van der Waals surface area (Å²) in [4.78, 5) is 0. The van der Waals surface area contributed by atoms with Crippen LogP contribution in [-0.2, 0) is 20.0 Å². The SMILES string of the molecule is Cc1c(C)c(C)c(-c2cccc3c2C=C2[CH]3[Hf]([CH3])([CH3])[CH]3C(=Cc4c(-c5c(C)c(C)c(C)c(C)c5C)cccc43)[Si]2(C)C)c(C)c1C. The van der Waals surface area contributed by atoms with Gasteiger partial charge in [-0.05, 0) is 0 Å². The molecule has 2 atom stereocenters. The fourth-order valence-corrected chi connectivity index (χ4v) is 42.2. The first-order chi connectivity index (χ1) is 21.5. The zero-order valence-electron chi connectivity index (χ0n) is 30.8. The van der Waals surface area contributed by atoms with Crippen LogP contribution in [0.2, 0.25) is 22.5 Å². The average molecular weight is 787 g/mol. The van der Waals surface area contributed by atoms with E-state index in [9.17, 15) is 0 Å². The second-order valence-corrected chi connectivity index (χ2v) is 37.8. The Labute approximate surface area is 284 Å². The number of fused-ring (bicyclic) bond motifs is 6. The van der Waals surface area contributed by atoms with Crippen molar-refractivity contribution in [2.75, 3.05) is 0 Å². The van der Waals surface area contributed by atoms with E-state index < -0.39 is 28.0 Å². The maximum absolute atomic E-state index is 3.09. The van der Waals surface area contributed by atoms with Gasteiger partial charge in [0.2, 0.25) is 0 Å². The zero-order chi connectivity index (χ0) is 33.4. The molecule has 0 radical (unpaired) electrons. The van der Waals surface area contributed by atoms with Gasteiger partial charge in [-0.15, -0.1) is 0 Å². The number of hydrogen-bond donors (Lipinski definition) is 0. The van der Waals surface area contributed by atoms with Gasteiger partial charge in [-0.3, -0.25) is 0 Å². The summed E-state index contributed by atoms with van der Waals surface area (Å²) in [7, 11) is -1.92. The number of benzene rings is 4. The van der Waals surface area contributed by atoms with E-state index in [1.54, 1.807) is 11.1 Å². The fraction of sp³-hybridized carbons (Fsp3) is 0.364. The van der Waals surface area contributed by atoms with Crippen molar-refractivity contribution in [3.05, 3.63) is 125 Å². The van der Waals surface area contributed by atoms with Gasteiger partial charge in [-0.2, -0.15) is 0 Å². The third-order valence-electron chi connectivity index (χ3n) is 13.6. The standard InChI is InChI=1S/C42H46Si.2CH3.Hf/c1-23-25(3)29(7)41(30(8)26(23)4)37-17-13-15-33-19-35(21-39(33)37)43(11,12)36-20-34-16-14-18-38(40(34)22-36)42-31(9)27(5)24(2)28(6)32(42)10;;;/h13-22H,1-12H3;2*1H3;. The molecule has 2 aliphatic carbocycles. The van der Waals surface area contributed by atoms with Crippen molar-refractivity contribution in [3.63, 3.8) is 0 Å². The average Bonchev–Trinajstić information content (AvgIpc) is 3.63. The Morgan fingerprint density at radius 2 is 0.761 bits per heavy atom. The first-order valence-electron chi connectivity index (χ1n) is 17.4. The summed E-state index contributed by atoms with van der Waals surface area (Å²) in [6, 6.07) is 14.6. The summed E-state index contributed by atoms with van der Waals surface area (Å²) in [5.41, 5.74) is 26.8. The normalized spacial score (nSPS) is 20.1. The van der Waals surface area contributed by atoms with Crippen LogP contribution in [-0.4, -0.2) is 8.07 Å². The molecule has 4 aromatic rings. The zero-order valence-corrected chi connectivity index (χ0v) is 35.4. The van der Waals surface area contributed by atoms with Crippen LogP contribution in [0.3, 0.4) is 0 Å². The Morgan fingerprint density at radius 1 is 0.457 bits per heavy atom. The van der Waals surface area contributed by atoms with Gasteiger partial charge in [0.05, 0.1) is 0 Å². The van der Waals surface area contributed by atoms with Crippen LogP contribution in [0.1, 0.15) is 85.2 Å². The molecule has 2 heteroatoms. The van der Waals surface area contributed by atoms with Gasteiger partial charge in [0.1, 0.15) is 0 Å². The van der Waals surface area contributed by atoms with Crippen molar-refractivity contribution in [1.29, 1.82) is 0 Å². The Bertz CT molecular complexity index is 1890. The van der Waals surface area contributed by atoms with Crippen LogP contribution < -0.4 is 0 Å². The van der Waals surface area contributed by atoms with E-state index in [1.807, 2.05) is 10.4 Å². The van der Waals surface area contributed by atoms with E-state index >= 15 is 0 Å². The molecule has 0 aromatic heterocycles. The van der Waals surface area contributed by atoms with Crippen LogP contribution >= 0.6 is 0 Å². The Morgan fingerprint density at radius 3 is 1.09 bits per heavy atom. The van der Waals surface area contributed by atoms with Crippen LogP contribution in [0.4, 0.5) is 0 Å². The third kappa shape index (κ3) is 4.05. The van der Waals surface area contributed by atoms with Gasteiger partial charge in [-0.1, -0.05) is 0 Å². The molecule has 236 valence electrons. The number of hydrogen-bond acceptors (Lipinski definition) is 0. The Balaban J connectivity index is 1.46. The summed E-state index contributed by atoms with van der Waals surface area (Å²) in [6.45, 7) is 28.6. The fourth-order valence-electron chi connectivity index (χ4n) is 10.1. The molecule has 0 N–H and O–H groups in total. The van der Waals surface area contributed by atoms with E-state index in [-0.39, 0.29) is 0 Å². The van der Waals surface area contributed by atoms with Crippen LogP contribution in [0.5, 0.6) is 0 Å². The molecule has 0 saturated carbocycles. The molecule has 0 spiro atoms. The van der Waals surface area contributed by atoms with E-state index in [4.69, 9.17) is 0 Å². The molecule has 46 heavy (non-hydrogen) atoms. The topological polar surface area (TPSA) is 0 Å². The second kappa shape index (κ2) is 10.5. The minimum absolute atomic E-state index is 0.654. The molecule has 1 heterocycles. The minimum atomic E-state index is -3.09. The molecular weight excluding hydrogens is 735 g/mol. The first-order valence-corrected chi connectivity index (χ1v) is 31.7. The summed E-state index contributed by atoms with van der Waals surface area (Å²) < 4.78 is 6.90. The van der Waals surface area contributed by atoms with Crippen LogP contribution in [0, 0.1) is 69.2 Å². The molecule has 4 aromatic carbocycles. The van der Waals surface area contributed by atoms with E-state index in [2.05, 4.69) is 140 Å². The van der Waals surface area contributed by atoms with Crippen molar-refractivity contribution in [2.45, 2.75) is 99.0 Å². The predicted octanol–water partition coefficient (Wildman–Crippen LogP) is 12.7. The maximum atomic E-state index is 2.80. The Hall–Kier alpha value is -2.55. The van der Waals surface area contributed by atoms with E-state index in [0.717, 1.165) is 0 Å². The molecule has 1 fully saturated rings. The van der Waals surface area contributed by atoms with E-state index in [0.29, 0.717) is 7.35 Å². The van der Waals surface area contributed by atoms with Crippen molar-refractivity contribution < 1.29 is 20.0 Å². The summed E-state index contributed by atoms with van der Waals surface area (Å²) >= 11 is -3.09. The van der Waals surface area contributed by atoms with Crippen molar-refractivity contribution in [3.8, 4) is 22.3 Å².